The molecule has 0 aromatic carbocycles. The molecule has 1 aromatic heterocycles. The minimum atomic E-state index is -3.76. The second kappa shape index (κ2) is 32.3. The maximum absolute atomic E-state index is 12.7. The van der Waals surface area contributed by atoms with E-state index >= 15 is 0 Å². The second-order valence-corrected chi connectivity index (χ2v) is 17.9. The van der Waals surface area contributed by atoms with E-state index in [1.807, 2.05) is 0 Å². The summed E-state index contributed by atoms with van der Waals surface area (Å²) in [5.74, 6) is 0. The van der Waals surface area contributed by atoms with Gasteiger partial charge in [-0.05, 0) is 19.8 Å². The van der Waals surface area contributed by atoms with Crippen LogP contribution in [0.1, 0.15) is 212 Å². The Hall–Kier alpha value is -1.57. The number of aromatic amines is 1. The summed E-state index contributed by atoms with van der Waals surface area (Å²) in [6, 6.07) is 0. The van der Waals surface area contributed by atoms with Gasteiger partial charge in [0.1, 0.15) is 12.3 Å². The fraction of sp³-hybridized carbons (Fsp3) is 0.909. The fourth-order valence-electron chi connectivity index (χ4n) is 7.38. The van der Waals surface area contributed by atoms with Crippen molar-refractivity contribution in [2.45, 2.75) is 232 Å². The van der Waals surface area contributed by atoms with Gasteiger partial charge in [0.15, 0.2) is 0 Å². The fourth-order valence-corrected chi connectivity index (χ4v) is 7.76. The number of unbranched alkanes of at least 4 members (excludes halogenated alkanes) is 26. The Morgan fingerprint density at radius 3 is 1.46 bits per heavy atom. The first kappa shape index (κ1) is 50.6. The van der Waals surface area contributed by atoms with Gasteiger partial charge in [0.2, 0.25) is 0 Å². The first-order valence-corrected chi connectivity index (χ1v) is 24.7. The minimum absolute atomic E-state index is 0.212. The largest absolute Gasteiger partial charge is 0.349 e. The van der Waals surface area contributed by atoms with E-state index in [1.165, 1.54) is 165 Å². The summed E-state index contributed by atoms with van der Waals surface area (Å²) in [5, 5.41) is 0. The summed E-state index contributed by atoms with van der Waals surface area (Å²) in [4.78, 5) is 27.0. The van der Waals surface area contributed by atoms with Crippen LogP contribution < -0.4 is 11.2 Å². The molecule has 2 heterocycles. The lowest BCUT2D eigenvalue weighted by Crippen LogP contribution is -2.35. The van der Waals surface area contributed by atoms with Gasteiger partial charge in [-0.3, -0.25) is 18.5 Å². The average molecular weight is 815 g/mol. The van der Waals surface area contributed by atoms with Crippen LogP contribution in [0.4, 0.5) is 0 Å². The number of nitrogens with one attached hydrogen (secondary N) is 1. The van der Waals surface area contributed by atoms with E-state index < -0.39 is 46.3 Å². The number of H-pyrrole nitrogens is 1. The normalized spacial score (nSPS) is 17.4. The van der Waals surface area contributed by atoms with Gasteiger partial charge in [0.05, 0.1) is 32.2 Å². The predicted octanol–water partition coefficient (Wildman–Crippen LogP) is 10.8. The molecule has 12 heteroatoms. The van der Waals surface area contributed by atoms with Gasteiger partial charge in [-0.2, -0.15) is 8.42 Å². The van der Waals surface area contributed by atoms with Gasteiger partial charge < -0.3 is 18.9 Å². The topological polar surface area (TPSA) is 135 Å². The molecule has 0 aliphatic carbocycles. The molecule has 1 aliphatic heterocycles. The molecule has 3 atom stereocenters. The standard InChI is InChI=1S/C44H82N2O9S/c1-5-7-9-11-13-15-17-19-21-23-25-27-29-31-33-51-44(52-34-32-30-28-26-24-22-20-18-16-14-12-10-8-6-2)55-39-35-41(54-40(39)37-53-56(4,49)50)46-36-38(3)42(47)45-43(46)48/h36,39-41,44H,5-35,37H2,1-4H3,(H,45,47,48)/t39-,40+,41+/m0/s1. The molecule has 0 radical (unpaired) electrons. The average Bonchev–Trinajstić information content (AvgIpc) is 3.56. The van der Waals surface area contributed by atoms with Crippen molar-refractivity contribution in [3.63, 3.8) is 0 Å². The summed E-state index contributed by atoms with van der Waals surface area (Å²) < 4.78 is 54.9. The lowest BCUT2D eigenvalue weighted by atomic mass is 10.0. The highest BCUT2D eigenvalue weighted by molar-refractivity contribution is 7.85. The quantitative estimate of drug-likeness (QED) is 0.0393. The van der Waals surface area contributed by atoms with E-state index in [-0.39, 0.29) is 13.0 Å². The molecule has 56 heavy (non-hydrogen) atoms. The van der Waals surface area contributed by atoms with Gasteiger partial charge in [0.25, 0.3) is 22.2 Å². The molecule has 1 fully saturated rings. The molecular weight excluding hydrogens is 733 g/mol. The number of hydrogen-bond acceptors (Lipinski definition) is 9. The van der Waals surface area contributed by atoms with E-state index in [4.69, 9.17) is 23.1 Å². The number of aromatic nitrogens is 2. The van der Waals surface area contributed by atoms with E-state index in [0.29, 0.717) is 18.8 Å². The van der Waals surface area contributed by atoms with Crippen LogP contribution in [0.5, 0.6) is 0 Å². The number of aryl methyl sites for hydroxylation is 1. The van der Waals surface area contributed by atoms with Crippen molar-refractivity contribution in [1.82, 2.24) is 9.55 Å². The Labute approximate surface area is 340 Å². The zero-order valence-electron chi connectivity index (χ0n) is 36.0. The van der Waals surface area contributed by atoms with Gasteiger partial charge >= 0.3 is 5.69 Å². The van der Waals surface area contributed by atoms with Crippen LogP contribution >= 0.6 is 0 Å². The van der Waals surface area contributed by atoms with Gasteiger partial charge in [0, 0.05) is 18.2 Å². The van der Waals surface area contributed by atoms with Crippen molar-refractivity contribution in [3.8, 4) is 0 Å². The molecular formula is C44H82N2O9S. The second-order valence-electron chi connectivity index (χ2n) is 16.2. The summed E-state index contributed by atoms with van der Waals surface area (Å²) in [5.41, 5.74) is -0.732. The number of hydrogen-bond donors (Lipinski definition) is 1. The maximum Gasteiger partial charge on any atom is 0.330 e. The molecule has 2 rings (SSSR count). The highest BCUT2D eigenvalue weighted by atomic mass is 32.2. The zero-order valence-corrected chi connectivity index (χ0v) is 36.9. The Morgan fingerprint density at radius 1 is 0.679 bits per heavy atom. The van der Waals surface area contributed by atoms with Crippen molar-refractivity contribution in [3.05, 3.63) is 32.6 Å². The third kappa shape index (κ3) is 25.0. The molecule has 0 unspecified atom stereocenters. The molecule has 1 N–H and O–H groups in total. The van der Waals surface area contributed by atoms with E-state index in [9.17, 15) is 18.0 Å². The van der Waals surface area contributed by atoms with Crippen molar-refractivity contribution >= 4 is 10.1 Å². The summed E-state index contributed by atoms with van der Waals surface area (Å²) in [6.45, 7) is 5.82. The highest BCUT2D eigenvalue weighted by Crippen LogP contribution is 2.32. The summed E-state index contributed by atoms with van der Waals surface area (Å²) in [7, 11) is -3.76. The Morgan fingerprint density at radius 2 is 1.07 bits per heavy atom. The van der Waals surface area contributed by atoms with Crippen molar-refractivity contribution in [2.24, 2.45) is 0 Å². The van der Waals surface area contributed by atoms with Crippen molar-refractivity contribution in [2.75, 3.05) is 26.1 Å². The van der Waals surface area contributed by atoms with E-state index in [0.717, 1.165) is 31.9 Å². The monoisotopic (exact) mass is 815 g/mol. The van der Waals surface area contributed by atoms with E-state index in [1.54, 1.807) is 6.92 Å². The molecule has 11 nitrogen and oxygen atoms in total. The molecule has 328 valence electrons. The van der Waals surface area contributed by atoms with Crippen LogP contribution in [0, 0.1) is 6.92 Å². The predicted molar refractivity (Wildman–Crippen MR) is 227 cm³/mol. The Bertz CT molecular complexity index is 1280. The number of rotatable bonds is 38. The van der Waals surface area contributed by atoms with Crippen LogP contribution in [0.2, 0.25) is 0 Å². The Balaban J connectivity index is 1.81. The van der Waals surface area contributed by atoms with Crippen molar-refractivity contribution < 1.29 is 31.5 Å². The lowest BCUT2D eigenvalue weighted by molar-refractivity contribution is -0.309. The molecule has 1 aliphatic rings. The van der Waals surface area contributed by atoms with Crippen LogP contribution in [0.15, 0.2) is 15.8 Å². The number of ether oxygens (including phenoxy) is 4. The molecule has 1 aromatic rings. The van der Waals surface area contributed by atoms with E-state index in [2.05, 4.69) is 18.8 Å². The first-order valence-electron chi connectivity index (χ1n) is 22.8. The summed E-state index contributed by atoms with van der Waals surface area (Å²) in [6.07, 6.45) is 36.0. The van der Waals surface area contributed by atoms with Crippen molar-refractivity contribution in [1.29, 1.82) is 0 Å². The molecule has 0 spiro atoms. The van der Waals surface area contributed by atoms with Gasteiger partial charge in [-0.25, -0.2) is 4.79 Å². The smallest absolute Gasteiger partial charge is 0.330 e. The Kier molecular flexibility index (Phi) is 29.2. The SMILES string of the molecule is CCCCCCCCCCCCCCCCOC(OCCCCCCCCCCCCCCCC)O[C@H]1C[C@H](n2cc(C)c(=O)[nH]c2=O)O[C@@H]1COS(C)(=O)=O. The van der Waals surface area contributed by atoms with Gasteiger partial charge in [-0.1, -0.05) is 181 Å². The zero-order chi connectivity index (χ0) is 40.7. The van der Waals surface area contributed by atoms with Crippen LogP contribution in [0.3, 0.4) is 0 Å². The lowest BCUT2D eigenvalue weighted by Gasteiger charge is -2.25. The maximum atomic E-state index is 12.7. The van der Waals surface area contributed by atoms with Crippen LogP contribution in [-0.4, -0.2) is 62.7 Å². The number of nitrogens with zero attached hydrogens (tertiary/aromatic N) is 1. The molecule has 0 amide bonds. The van der Waals surface area contributed by atoms with Gasteiger partial charge in [-0.15, -0.1) is 0 Å². The molecule has 0 bridgehead atoms. The summed E-state index contributed by atoms with van der Waals surface area (Å²) >= 11 is 0. The molecule has 1 saturated heterocycles. The van der Waals surface area contributed by atoms with Crippen LogP contribution in [0.25, 0.3) is 0 Å². The third-order valence-corrected chi connectivity index (χ3v) is 11.4. The minimum Gasteiger partial charge on any atom is -0.349 e. The third-order valence-electron chi connectivity index (χ3n) is 10.9. The highest BCUT2D eigenvalue weighted by Gasteiger charge is 2.40. The van der Waals surface area contributed by atoms with Crippen LogP contribution in [-0.2, 0) is 33.2 Å². The molecule has 0 saturated carbocycles. The first-order chi connectivity index (χ1) is 27.1.